The summed E-state index contributed by atoms with van der Waals surface area (Å²) in [4.78, 5) is 29.1. The van der Waals surface area contributed by atoms with Crippen LogP contribution < -0.4 is 20.3 Å². The number of aromatic amines is 1. The highest BCUT2D eigenvalue weighted by molar-refractivity contribution is 5.91. The number of pyridine rings is 1. The van der Waals surface area contributed by atoms with E-state index in [1.54, 1.807) is 25.1 Å². The third-order valence-electron chi connectivity index (χ3n) is 5.69. The highest BCUT2D eigenvalue weighted by Gasteiger charge is 2.19. The van der Waals surface area contributed by atoms with Gasteiger partial charge < -0.3 is 19.8 Å². The molecule has 8 nitrogen and oxygen atoms in total. The lowest BCUT2D eigenvalue weighted by molar-refractivity contribution is -0.116. The van der Waals surface area contributed by atoms with Gasteiger partial charge in [-0.3, -0.25) is 14.0 Å². The molecular weight excluding hydrogens is 408 g/mol. The summed E-state index contributed by atoms with van der Waals surface area (Å²) in [6, 6.07) is 14.8. The smallest absolute Gasteiger partial charge is 0.260 e. The van der Waals surface area contributed by atoms with Gasteiger partial charge in [-0.25, -0.2) is 0 Å². The summed E-state index contributed by atoms with van der Waals surface area (Å²) in [5.41, 5.74) is 3.78. The van der Waals surface area contributed by atoms with Gasteiger partial charge >= 0.3 is 0 Å². The number of nitrogens with one attached hydrogen (secondary N) is 2. The number of ether oxygens (including phenoxy) is 2. The topological polar surface area (TPSA) is 109 Å². The summed E-state index contributed by atoms with van der Waals surface area (Å²) in [6.45, 7) is 2.71. The number of imidazole rings is 1. The Balaban J connectivity index is 1.43. The van der Waals surface area contributed by atoms with Crippen LogP contribution in [0.4, 0.5) is 5.69 Å². The Morgan fingerprint density at radius 1 is 1.19 bits per heavy atom. The maximum absolute atomic E-state index is 13.3. The molecule has 0 unspecified atom stereocenters. The second-order valence-corrected chi connectivity index (χ2v) is 7.63. The van der Waals surface area contributed by atoms with Gasteiger partial charge in [0.1, 0.15) is 24.9 Å². The van der Waals surface area contributed by atoms with Gasteiger partial charge in [-0.2, -0.15) is 5.26 Å². The molecule has 3 heterocycles. The normalized spacial score (nSPS) is 12.6. The van der Waals surface area contributed by atoms with Crippen LogP contribution in [-0.2, 0) is 11.2 Å². The first-order valence-corrected chi connectivity index (χ1v) is 10.3. The number of benzene rings is 2. The van der Waals surface area contributed by atoms with Gasteiger partial charge in [0.05, 0.1) is 16.6 Å². The predicted octanol–water partition coefficient (Wildman–Crippen LogP) is 3.30. The molecule has 2 N–H and O–H groups in total. The fraction of sp³-hybridized carbons (Fsp3) is 0.208. The van der Waals surface area contributed by atoms with Crippen LogP contribution in [0.25, 0.3) is 16.7 Å². The SMILES string of the molecule is Cc1c(CCC(=O)Nc2ccc3c(c2)OCCO3)c(=O)n2c([nH]c3ccccc32)c1C#N. The summed E-state index contributed by atoms with van der Waals surface area (Å²) >= 11 is 0. The average molecular weight is 428 g/mol. The molecule has 0 radical (unpaired) electrons. The minimum atomic E-state index is -0.233. The minimum Gasteiger partial charge on any atom is -0.486 e. The largest absolute Gasteiger partial charge is 0.486 e. The van der Waals surface area contributed by atoms with Gasteiger partial charge in [0, 0.05) is 23.7 Å². The van der Waals surface area contributed by atoms with Crippen molar-refractivity contribution in [1.82, 2.24) is 9.38 Å². The van der Waals surface area contributed by atoms with E-state index in [0.29, 0.717) is 58.3 Å². The molecule has 1 aliphatic rings. The van der Waals surface area contributed by atoms with Gasteiger partial charge in [0.2, 0.25) is 5.91 Å². The average Bonchev–Trinajstić information content (AvgIpc) is 3.18. The molecule has 4 aromatic rings. The fourth-order valence-corrected chi connectivity index (χ4v) is 4.10. The summed E-state index contributed by atoms with van der Waals surface area (Å²) in [5.74, 6) is 1.00. The van der Waals surface area contributed by atoms with Crippen LogP contribution in [0.1, 0.15) is 23.1 Å². The molecule has 0 atom stereocenters. The number of aromatic nitrogens is 2. The standard InChI is InChI=1S/C24H20N4O4/c1-14-16(7-9-22(29)26-15-6-8-20-21(12-15)32-11-10-31-20)24(30)28-19-5-3-2-4-18(19)27-23(28)17(14)13-25/h2-6,8,12,27H,7,9-11H2,1H3,(H,26,29). The number of rotatable bonds is 4. The van der Waals surface area contributed by atoms with E-state index in [1.807, 2.05) is 24.3 Å². The molecule has 5 rings (SSSR count). The van der Waals surface area contributed by atoms with Gasteiger partial charge in [0.25, 0.3) is 5.56 Å². The highest BCUT2D eigenvalue weighted by Crippen LogP contribution is 2.32. The van der Waals surface area contributed by atoms with Crippen LogP contribution in [0.15, 0.2) is 47.3 Å². The number of carbonyl (C=O) groups excluding carboxylic acids is 1. The Hall–Kier alpha value is -4.25. The Morgan fingerprint density at radius 3 is 2.78 bits per heavy atom. The summed E-state index contributed by atoms with van der Waals surface area (Å²) in [5, 5.41) is 12.6. The van der Waals surface area contributed by atoms with Gasteiger partial charge in [-0.05, 0) is 43.2 Å². The van der Waals surface area contributed by atoms with Crippen LogP contribution in [0.5, 0.6) is 11.5 Å². The first kappa shape index (κ1) is 19.7. The van der Waals surface area contributed by atoms with Crippen molar-refractivity contribution >= 4 is 28.3 Å². The molecule has 0 bridgehead atoms. The Bertz CT molecular complexity index is 1480. The Labute approximate surface area is 183 Å². The quantitative estimate of drug-likeness (QED) is 0.518. The molecule has 1 aliphatic heterocycles. The van der Waals surface area contributed by atoms with E-state index in [2.05, 4.69) is 16.4 Å². The lowest BCUT2D eigenvalue weighted by Gasteiger charge is -2.19. The molecule has 0 fully saturated rings. The molecule has 8 heteroatoms. The van der Waals surface area contributed by atoms with Crippen LogP contribution in [0.3, 0.4) is 0 Å². The molecule has 160 valence electrons. The number of H-pyrrole nitrogens is 1. The second kappa shape index (κ2) is 7.78. The van der Waals surface area contributed by atoms with E-state index in [9.17, 15) is 14.9 Å². The van der Waals surface area contributed by atoms with E-state index >= 15 is 0 Å². The molecule has 2 aromatic heterocycles. The van der Waals surface area contributed by atoms with E-state index < -0.39 is 0 Å². The zero-order chi connectivity index (χ0) is 22.2. The number of anilines is 1. The first-order chi connectivity index (χ1) is 15.6. The third-order valence-corrected chi connectivity index (χ3v) is 5.69. The number of amides is 1. The maximum atomic E-state index is 13.3. The van der Waals surface area contributed by atoms with Crippen LogP contribution >= 0.6 is 0 Å². The van der Waals surface area contributed by atoms with E-state index in [4.69, 9.17) is 9.47 Å². The number of para-hydroxylation sites is 2. The van der Waals surface area contributed by atoms with Crippen molar-refractivity contribution < 1.29 is 14.3 Å². The number of carbonyl (C=O) groups is 1. The Morgan fingerprint density at radius 2 is 1.97 bits per heavy atom. The van der Waals surface area contributed by atoms with E-state index in [-0.39, 0.29) is 24.3 Å². The van der Waals surface area contributed by atoms with Crippen molar-refractivity contribution in [3.63, 3.8) is 0 Å². The molecule has 0 saturated heterocycles. The van der Waals surface area contributed by atoms with Crippen molar-refractivity contribution in [2.75, 3.05) is 18.5 Å². The number of hydrogen-bond acceptors (Lipinski definition) is 5. The number of fused-ring (bicyclic) bond motifs is 4. The Kier molecular flexibility index (Phi) is 4.79. The monoisotopic (exact) mass is 428 g/mol. The van der Waals surface area contributed by atoms with Crippen LogP contribution in [-0.4, -0.2) is 28.5 Å². The summed E-state index contributed by atoms with van der Waals surface area (Å²) in [7, 11) is 0. The number of nitriles is 1. The lowest BCUT2D eigenvalue weighted by Crippen LogP contribution is -2.23. The lowest BCUT2D eigenvalue weighted by atomic mass is 10.0. The maximum Gasteiger partial charge on any atom is 0.260 e. The zero-order valence-corrected chi connectivity index (χ0v) is 17.4. The summed E-state index contributed by atoms with van der Waals surface area (Å²) < 4.78 is 12.6. The molecule has 1 amide bonds. The fourth-order valence-electron chi connectivity index (χ4n) is 4.10. The van der Waals surface area contributed by atoms with Crippen LogP contribution in [0.2, 0.25) is 0 Å². The van der Waals surface area contributed by atoms with Crippen molar-refractivity contribution in [3.05, 3.63) is 69.5 Å². The van der Waals surface area contributed by atoms with Gasteiger partial charge in [-0.15, -0.1) is 0 Å². The van der Waals surface area contributed by atoms with Crippen molar-refractivity contribution in [3.8, 4) is 17.6 Å². The van der Waals surface area contributed by atoms with Gasteiger partial charge in [0.15, 0.2) is 11.5 Å². The predicted molar refractivity (Wildman–Crippen MR) is 119 cm³/mol. The van der Waals surface area contributed by atoms with Crippen molar-refractivity contribution in [1.29, 1.82) is 5.26 Å². The zero-order valence-electron chi connectivity index (χ0n) is 17.4. The van der Waals surface area contributed by atoms with Crippen molar-refractivity contribution in [2.45, 2.75) is 19.8 Å². The molecule has 0 saturated carbocycles. The molecule has 0 spiro atoms. The van der Waals surface area contributed by atoms with Gasteiger partial charge in [-0.1, -0.05) is 12.1 Å². The molecule has 2 aromatic carbocycles. The number of hydrogen-bond donors (Lipinski definition) is 2. The highest BCUT2D eigenvalue weighted by atomic mass is 16.6. The molecular formula is C24H20N4O4. The third kappa shape index (κ3) is 3.24. The van der Waals surface area contributed by atoms with Crippen molar-refractivity contribution in [2.24, 2.45) is 0 Å². The summed E-state index contributed by atoms with van der Waals surface area (Å²) in [6.07, 6.45) is 0.321. The molecule has 32 heavy (non-hydrogen) atoms. The second-order valence-electron chi connectivity index (χ2n) is 7.63. The molecule has 0 aliphatic carbocycles. The van der Waals surface area contributed by atoms with Crippen LogP contribution in [0, 0.1) is 18.3 Å². The van der Waals surface area contributed by atoms with E-state index in [1.165, 1.54) is 4.40 Å². The first-order valence-electron chi connectivity index (χ1n) is 10.3. The number of nitrogens with zero attached hydrogens (tertiary/aromatic N) is 2. The van der Waals surface area contributed by atoms with E-state index in [0.717, 1.165) is 5.52 Å². The minimum absolute atomic E-state index is 0.101.